The van der Waals surface area contributed by atoms with Crippen LogP contribution < -0.4 is 10.5 Å². The molecule has 0 aromatic heterocycles. The molecular weight excluding hydrogens is 558 g/mol. The quantitative estimate of drug-likeness (QED) is 0.258. The normalized spacial score (nSPS) is 13.6. The number of phenols is 1. The summed E-state index contributed by atoms with van der Waals surface area (Å²) < 4.78 is 7.13. The Morgan fingerprint density at radius 2 is 0.889 bits per heavy atom. The third-order valence-electron chi connectivity index (χ3n) is 9.52. The molecule has 0 saturated carbocycles. The second-order valence-electron chi connectivity index (χ2n) is 17.1. The highest BCUT2D eigenvalue weighted by Crippen LogP contribution is 2.46. The van der Waals surface area contributed by atoms with Crippen LogP contribution in [0.15, 0.2) is 24.3 Å². The Bertz CT molecular complexity index is 1330. The minimum absolute atomic E-state index is 0.0723. The maximum absolute atomic E-state index is 14.8. The van der Waals surface area contributed by atoms with E-state index in [1.165, 1.54) is 0 Å². The van der Waals surface area contributed by atoms with Crippen LogP contribution in [0.3, 0.4) is 0 Å². The van der Waals surface area contributed by atoms with Gasteiger partial charge < -0.3 is 15.6 Å². The van der Waals surface area contributed by atoms with Crippen molar-refractivity contribution in [1.29, 1.82) is 0 Å². The summed E-state index contributed by atoms with van der Waals surface area (Å²) in [6, 6.07) is 7.58. The molecule has 5 heteroatoms. The molecule has 45 heavy (non-hydrogen) atoms. The van der Waals surface area contributed by atoms with Crippen molar-refractivity contribution >= 4 is 11.6 Å². The number of rotatable bonds is 10. The minimum atomic E-state index is -1.17. The molecule has 0 unspecified atom stereocenters. The average Bonchev–Trinajstić information content (AvgIpc) is 2.92. The molecule has 0 bridgehead atoms. The number of nitrogens with two attached hydrogens (primary N) is 1. The van der Waals surface area contributed by atoms with Gasteiger partial charge in [-0.2, -0.15) is 0 Å². The molecule has 0 amide bonds. The third kappa shape index (κ3) is 7.84. The van der Waals surface area contributed by atoms with Gasteiger partial charge in [0.15, 0.2) is 11.4 Å². The van der Waals surface area contributed by atoms with Gasteiger partial charge in [0.05, 0.1) is 5.54 Å². The van der Waals surface area contributed by atoms with Crippen LogP contribution in [0.5, 0.6) is 11.5 Å². The fraction of sp³-hybridized carbons (Fsp3) is 0.650. The molecule has 0 aliphatic carbocycles. The van der Waals surface area contributed by atoms with Crippen molar-refractivity contribution in [3.8, 4) is 11.5 Å². The van der Waals surface area contributed by atoms with E-state index in [0.29, 0.717) is 42.6 Å². The maximum atomic E-state index is 14.8. The van der Waals surface area contributed by atoms with E-state index in [1.54, 1.807) is 0 Å². The Labute approximate surface area is 274 Å². The zero-order chi connectivity index (χ0) is 35.1. The number of ketones is 2. The molecule has 0 aliphatic heterocycles. The molecule has 5 nitrogen and oxygen atoms in total. The van der Waals surface area contributed by atoms with Crippen molar-refractivity contribution in [2.75, 3.05) is 0 Å². The van der Waals surface area contributed by atoms with Gasteiger partial charge in [-0.15, -0.1) is 0 Å². The first-order chi connectivity index (χ1) is 20.2. The molecule has 0 aliphatic rings. The van der Waals surface area contributed by atoms with Gasteiger partial charge in [-0.3, -0.25) is 9.59 Å². The van der Waals surface area contributed by atoms with Crippen LogP contribution in [-0.4, -0.2) is 27.8 Å². The third-order valence-corrected chi connectivity index (χ3v) is 9.52. The first-order valence-electron chi connectivity index (χ1n) is 16.9. The van der Waals surface area contributed by atoms with Crippen molar-refractivity contribution in [1.82, 2.24) is 0 Å². The Kier molecular flexibility index (Phi) is 11.0. The second kappa shape index (κ2) is 12.9. The number of hydrogen-bond acceptors (Lipinski definition) is 5. The standard InChI is InChI=1S/C40H63NO4/c1-17-39(41,18-2)33(43)25-23-29(37(11,12)13)32(30(24-25)38(14,15)16)45-40(19-3,20-4)34(44)26-21-27(35(5,6)7)31(42)28(22-26)36(8,9)10/h21-24,42H,17-20,41H2,1-16H3. The van der Waals surface area contributed by atoms with Crippen molar-refractivity contribution in [3.05, 3.63) is 57.6 Å². The Morgan fingerprint density at radius 1 is 0.578 bits per heavy atom. The summed E-state index contributed by atoms with van der Waals surface area (Å²) in [6.45, 7) is 32.8. The summed E-state index contributed by atoms with van der Waals surface area (Å²) >= 11 is 0. The van der Waals surface area contributed by atoms with Crippen LogP contribution in [0.1, 0.15) is 179 Å². The van der Waals surface area contributed by atoms with Gasteiger partial charge in [0.1, 0.15) is 11.5 Å². The van der Waals surface area contributed by atoms with Crippen molar-refractivity contribution in [2.24, 2.45) is 5.73 Å². The van der Waals surface area contributed by atoms with Crippen LogP contribution in [-0.2, 0) is 21.7 Å². The molecule has 0 heterocycles. The molecule has 2 rings (SSSR count). The molecule has 0 spiro atoms. The Hall–Kier alpha value is -2.66. The van der Waals surface area contributed by atoms with Crippen LogP contribution in [0.4, 0.5) is 0 Å². The van der Waals surface area contributed by atoms with Gasteiger partial charge in [0.25, 0.3) is 0 Å². The van der Waals surface area contributed by atoms with E-state index < -0.39 is 22.0 Å². The summed E-state index contributed by atoms with van der Waals surface area (Å²) in [6.07, 6.45) is 1.98. The lowest BCUT2D eigenvalue weighted by Gasteiger charge is -2.38. The average molecular weight is 622 g/mol. The second-order valence-corrected chi connectivity index (χ2v) is 17.1. The molecule has 2 aromatic carbocycles. The topological polar surface area (TPSA) is 89.6 Å². The Morgan fingerprint density at radius 3 is 1.18 bits per heavy atom. The number of ether oxygens (including phenoxy) is 1. The number of aromatic hydroxyl groups is 1. The van der Waals surface area contributed by atoms with E-state index in [1.807, 2.05) is 93.5 Å². The monoisotopic (exact) mass is 621 g/mol. The summed E-state index contributed by atoms with van der Waals surface area (Å²) in [5.41, 5.74) is 7.32. The molecule has 0 radical (unpaired) electrons. The smallest absolute Gasteiger partial charge is 0.206 e. The van der Waals surface area contributed by atoms with Crippen LogP contribution >= 0.6 is 0 Å². The predicted octanol–water partition coefficient (Wildman–Crippen LogP) is 10.1. The van der Waals surface area contributed by atoms with Crippen molar-refractivity contribution in [2.45, 2.75) is 169 Å². The van der Waals surface area contributed by atoms with E-state index in [2.05, 4.69) is 41.5 Å². The van der Waals surface area contributed by atoms with Gasteiger partial charge >= 0.3 is 0 Å². The lowest BCUT2D eigenvalue weighted by atomic mass is 9.75. The lowest BCUT2D eigenvalue weighted by molar-refractivity contribution is 0.0393. The van der Waals surface area contributed by atoms with Crippen LogP contribution in [0.2, 0.25) is 0 Å². The van der Waals surface area contributed by atoms with Gasteiger partial charge in [0.2, 0.25) is 5.78 Å². The zero-order valence-corrected chi connectivity index (χ0v) is 31.4. The molecule has 3 N–H and O–H groups in total. The number of phenolic OH excluding ortho intramolecular Hbond substituents is 1. The summed E-state index contributed by atoms with van der Waals surface area (Å²) in [7, 11) is 0. The zero-order valence-electron chi connectivity index (χ0n) is 31.4. The molecule has 0 atom stereocenters. The van der Waals surface area contributed by atoms with E-state index in [9.17, 15) is 14.7 Å². The van der Waals surface area contributed by atoms with Gasteiger partial charge in [-0.25, -0.2) is 0 Å². The van der Waals surface area contributed by atoms with Crippen LogP contribution in [0, 0.1) is 0 Å². The van der Waals surface area contributed by atoms with Gasteiger partial charge in [-0.05, 0) is 71.6 Å². The molecule has 2 aromatic rings. The van der Waals surface area contributed by atoms with Crippen LogP contribution in [0.25, 0.3) is 0 Å². The van der Waals surface area contributed by atoms with E-state index in [-0.39, 0.29) is 28.1 Å². The highest BCUT2D eigenvalue weighted by molar-refractivity contribution is 6.04. The summed E-state index contributed by atoms with van der Waals surface area (Å²) in [5.74, 6) is 0.717. The number of hydrogen-bond donors (Lipinski definition) is 2. The minimum Gasteiger partial charge on any atom is -0.507 e. The number of carbonyl (C=O) groups excluding carboxylic acids is 2. The SMILES string of the molecule is CCC(N)(CC)C(=O)c1cc(C(C)(C)C)c(OC(CC)(CC)C(=O)c2cc(C(C)(C)C)c(O)c(C(C)(C)C)c2)c(C(C)(C)C)c1. The number of benzene rings is 2. The van der Waals surface area contributed by atoms with Crippen molar-refractivity contribution in [3.63, 3.8) is 0 Å². The molecule has 252 valence electrons. The molecule has 0 saturated heterocycles. The summed E-state index contributed by atoms with van der Waals surface area (Å²) in [4.78, 5) is 28.7. The fourth-order valence-corrected chi connectivity index (χ4v) is 5.97. The fourth-order valence-electron chi connectivity index (χ4n) is 5.97. The van der Waals surface area contributed by atoms with Crippen molar-refractivity contribution < 1.29 is 19.4 Å². The van der Waals surface area contributed by atoms with E-state index in [0.717, 1.165) is 22.3 Å². The largest absolute Gasteiger partial charge is 0.507 e. The lowest BCUT2D eigenvalue weighted by Crippen LogP contribution is -2.47. The van der Waals surface area contributed by atoms with E-state index >= 15 is 0 Å². The Balaban J connectivity index is 2.99. The van der Waals surface area contributed by atoms with Gasteiger partial charge in [-0.1, -0.05) is 111 Å². The number of carbonyl (C=O) groups is 2. The highest BCUT2D eigenvalue weighted by Gasteiger charge is 2.43. The summed E-state index contributed by atoms with van der Waals surface area (Å²) in [5, 5.41) is 11.4. The first kappa shape index (κ1) is 38.5. The first-order valence-corrected chi connectivity index (χ1v) is 16.9. The maximum Gasteiger partial charge on any atom is 0.206 e. The number of Topliss-reactive ketones (excluding diaryl/α,β-unsaturated/α-hetero) is 2. The highest BCUT2D eigenvalue weighted by atomic mass is 16.5. The van der Waals surface area contributed by atoms with Gasteiger partial charge in [0, 0.05) is 33.4 Å². The van der Waals surface area contributed by atoms with E-state index in [4.69, 9.17) is 10.5 Å². The molecular formula is C40H63NO4. The molecule has 0 fully saturated rings. The predicted molar refractivity (Wildman–Crippen MR) is 189 cm³/mol.